The van der Waals surface area contributed by atoms with Gasteiger partial charge in [0.05, 0.1) is 18.5 Å². The Balaban J connectivity index is 2.02. The highest BCUT2D eigenvalue weighted by Crippen LogP contribution is 2.23. The fourth-order valence-electron chi connectivity index (χ4n) is 2.36. The molecule has 2 amide bonds. The minimum absolute atomic E-state index is 0.137. The Labute approximate surface area is 133 Å². The number of imidazole rings is 1. The van der Waals surface area contributed by atoms with Crippen molar-refractivity contribution < 1.29 is 9.90 Å². The number of carbonyl (C=O) groups is 1. The van der Waals surface area contributed by atoms with E-state index in [-0.39, 0.29) is 12.6 Å². The van der Waals surface area contributed by atoms with Gasteiger partial charge in [0, 0.05) is 24.5 Å². The summed E-state index contributed by atoms with van der Waals surface area (Å²) in [6.07, 6.45) is 5.14. The van der Waals surface area contributed by atoms with Crippen LogP contribution in [0.25, 0.3) is 16.8 Å². The number of aliphatic hydroxyl groups is 1. The maximum absolute atomic E-state index is 11.6. The van der Waals surface area contributed by atoms with E-state index >= 15 is 0 Å². The number of nitrogens with zero attached hydrogens (tertiary/aromatic N) is 3. The van der Waals surface area contributed by atoms with E-state index in [0.29, 0.717) is 23.7 Å². The van der Waals surface area contributed by atoms with Crippen molar-refractivity contribution in [1.29, 1.82) is 0 Å². The molecule has 3 rings (SSSR count). The molecular weight excluding hydrogens is 294 g/mol. The number of aromatic nitrogens is 3. The summed E-state index contributed by atoms with van der Waals surface area (Å²) < 4.78 is 1.75. The molecule has 3 aromatic rings. The Bertz CT molecular complexity index is 829. The molecular formula is C16H17N5O2. The van der Waals surface area contributed by atoms with Crippen LogP contribution < -0.4 is 10.6 Å². The van der Waals surface area contributed by atoms with E-state index in [4.69, 9.17) is 0 Å². The van der Waals surface area contributed by atoms with Gasteiger partial charge in [-0.2, -0.15) is 0 Å². The number of hydrogen-bond donors (Lipinski definition) is 3. The molecule has 0 aliphatic carbocycles. The summed E-state index contributed by atoms with van der Waals surface area (Å²) in [6.45, 7) is 2.24. The standard InChI is InChI=1S/C16H17N5O2/c1-2-18-16(23)20-14-9-21-13(10-22)6-12(7-15(21)19-14)11-4-3-5-17-8-11/h3-9,22H,2,10H2,1H3,(H2,18,20,23). The van der Waals surface area contributed by atoms with Gasteiger partial charge in [0.25, 0.3) is 0 Å². The Morgan fingerprint density at radius 2 is 2.22 bits per heavy atom. The molecule has 0 saturated carbocycles. The normalized spacial score (nSPS) is 10.7. The Morgan fingerprint density at radius 1 is 1.35 bits per heavy atom. The molecule has 0 spiro atoms. The van der Waals surface area contributed by atoms with Crippen molar-refractivity contribution in [2.24, 2.45) is 0 Å². The number of amides is 2. The Hall–Kier alpha value is -2.93. The first kappa shape index (κ1) is 15.0. The number of urea groups is 1. The number of anilines is 1. The largest absolute Gasteiger partial charge is 0.390 e. The second kappa shape index (κ2) is 6.45. The predicted molar refractivity (Wildman–Crippen MR) is 87.0 cm³/mol. The number of pyridine rings is 2. The maximum atomic E-state index is 11.6. The minimum Gasteiger partial charge on any atom is -0.390 e. The molecule has 0 atom stereocenters. The molecule has 0 aliphatic rings. The molecule has 0 radical (unpaired) electrons. The molecule has 118 valence electrons. The highest BCUT2D eigenvalue weighted by Gasteiger charge is 2.10. The lowest BCUT2D eigenvalue weighted by atomic mass is 10.1. The van der Waals surface area contributed by atoms with Crippen molar-refractivity contribution in [2.45, 2.75) is 13.5 Å². The van der Waals surface area contributed by atoms with Crippen molar-refractivity contribution in [2.75, 3.05) is 11.9 Å². The van der Waals surface area contributed by atoms with Crippen LogP contribution in [-0.4, -0.2) is 32.1 Å². The molecule has 0 aromatic carbocycles. The van der Waals surface area contributed by atoms with E-state index in [1.54, 1.807) is 23.0 Å². The molecule has 7 nitrogen and oxygen atoms in total. The van der Waals surface area contributed by atoms with E-state index < -0.39 is 0 Å². The summed E-state index contributed by atoms with van der Waals surface area (Å²) in [5, 5.41) is 14.9. The monoisotopic (exact) mass is 311 g/mol. The van der Waals surface area contributed by atoms with Crippen LogP contribution in [0.1, 0.15) is 12.6 Å². The van der Waals surface area contributed by atoms with Crippen molar-refractivity contribution in [1.82, 2.24) is 19.7 Å². The SMILES string of the molecule is CCNC(=O)Nc1cn2c(CO)cc(-c3cccnc3)cc2n1. The summed E-state index contributed by atoms with van der Waals surface area (Å²) in [7, 11) is 0. The van der Waals surface area contributed by atoms with Gasteiger partial charge in [0.2, 0.25) is 0 Å². The van der Waals surface area contributed by atoms with Gasteiger partial charge in [-0.1, -0.05) is 6.07 Å². The van der Waals surface area contributed by atoms with E-state index in [0.717, 1.165) is 11.1 Å². The van der Waals surface area contributed by atoms with Crippen LogP contribution in [0, 0.1) is 0 Å². The van der Waals surface area contributed by atoms with E-state index in [1.807, 2.05) is 31.2 Å². The number of fused-ring (bicyclic) bond motifs is 1. The third kappa shape index (κ3) is 3.14. The topological polar surface area (TPSA) is 91.6 Å². The molecule has 3 aromatic heterocycles. The van der Waals surface area contributed by atoms with Crippen LogP contribution in [0.4, 0.5) is 10.6 Å². The summed E-state index contributed by atoms with van der Waals surface area (Å²) in [5.74, 6) is 0.425. The molecule has 3 heterocycles. The van der Waals surface area contributed by atoms with E-state index in [1.165, 1.54) is 0 Å². The molecule has 7 heteroatoms. The van der Waals surface area contributed by atoms with Gasteiger partial charge < -0.3 is 10.4 Å². The second-order valence-corrected chi connectivity index (χ2v) is 4.97. The van der Waals surface area contributed by atoms with Crippen molar-refractivity contribution >= 4 is 17.5 Å². The van der Waals surface area contributed by atoms with Crippen molar-refractivity contribution in [3.05, 3.63) is 48.5 Å². The van der Waals surface area contributed by atoms with Crippen LogP contribution in [0.3, 0.4) is 0 Å². The summed E-state index contributed by atoms with van der Waals surface area (Å²) in [6, 6.07) is 7.25. The highest BCUT2D eigenvalue weighted by molar-refractivity contribution is 5.88. The molecule has 0 bridgehead atoms. The van der Waals surface area contributed by atoms with Crippen LogP contribution >= 0.6 is 0 Å². The number of hydrogen-bond acceptors (Lipinski definition) is 4. The van der Waals surface area contributed by atoms with Crippen molar-refractivity contribution in [3.63, 3.8) is 0 Å². The van der Waals surface area contributed by atoms with Gasteiger partial charge in [-0.05, 0) is 30.7 Å². The molecule has 3 N–H and O–H groups in total. The molecule has 23 heavy (non-hydrogen) atoms. The number of carbonyl (C=O) groups excluding carboxylic acids is 1. The first-order valence-corrected chi connectivity index (χ1v) is 7.29. The van der Waals surface area contributed by atoms with E-state index in [9.17, 15) is 9.90 Å². The summed E-state index contributed by atoms with van der Waals surface area (Å²) in [5.41, 5.74) is 3.16. The average molecular weight is 311 g/mol. The van der Waals surface area contributed by atoms with Gasteiger partial charge >= 0.3 is 6.03 Å². The predicted octanol–water partition coefficient (Wildman–Crippen LogP) is 2.03. The number of aliphatic hydroxyl groups excluding tert-OH is 1. The zero-order valence-electron chi connectivity index (χ0n) is 12.7. The van der Waals surface area contributed by atoms with Gasteiger partial charge in [-0.25, -0.2) is 9.78 Å². The molecule has 0 fully saturated rings. The zero-order valence-corrected chi connectivity index (χ0v) is 12.7. The fourth-order valence-corrected chi connectivity index (χ4v) is 2.36. The van der Waals surface area contributed by atoms with Crippen LogP contribution in [-0.2, 0) is 6.61 Å². The maximum Gasteiger partial charge on any atom is 0.320 e. The lowest BCUT2D eigenvalue weighted by Gasteiger charge is -2.06. The van der Waals surface area contributed by atoms with Gasteiger partial charge in [0.15, 0.2) is 5.82 Å². The van der Waals surface area contributed by atoms with Gasteiger partial charge in [0.1, 0.15) is 5.65 Å². The van der Waals surface area contributed by atoms with Crippen molar-refractivity contribution in [3.8, 4) is 11.1 Å². The lowest BCUT2D eigenvalue weighted by Crippen LogP contribution is -2.28. The van der Waals surface area contributed by atoms with Crippen LogP contribution in [0.2, 0.25) is 0 Å². The Morgan fingerprint density at radius 3 is 2.91 bits per heavy atom. The first-order valence-electron chi connectivity index (χ1n) is 7.29. The number of rotatable bonds is 4. The summed E-state index contributed by atoms with van der Waals surface area (Å²) >= 11 is 0. The molecule has 0 unspecified atom stereocenters. The highest BCUT2D eigenvalue weighted by atomic mass is 16.3. The Kier molecular flexibility index (Phi) is 4.20. The third-order valence-corrected chi connectivity index (χ3v) is 3.39. The zero-order chi connectivity index (χ0) is 16.2. The summed E-state index contributed by atoms with van der Waals surface area (Å²) in [4.78, 5) is 20.1. The molecule has 0 saturated heterocycles. The quantitative estimate of drug-likeness (QED) is 0.687. The second-order valence-electron chi connectivity index (χ2n) is 4.97. The lowest BCUT2D eigenvalue weighted by molar-refractivity contribution is 0.252. The van der Waals surface area contributed by atoms with Gasteiger partial charge in [-0.15, -0.1) is 0 Å². The average Bonchev–Trinajstić information content (AvgIpc) is 2.97. The van der Waals surface area contributed by atoms with Crippen LogP contribution in [0.15, 0.2) is 42.9 Å². The first-order chi connectivity index (χ1) is 11.2. The van der Waals surface area contributed by atoms with E-state index in [2.05, 4.69) is 20.6 Å². The number of nitrogens with one attached hydrogen (secondary N) is 2. The molecule has 0 aliphatic heterocycles. The van der Waals surface area contributed by atoms with Gasteiger partial charge in [-0.3, -0.25) is 14.7 Å². The smallest absolute Gasteiger partial charge is 0.320 e. The van der Waals surface area contributed by atoms with Crippen LogP contribution in [0.5, 0.6) is 0 Å². The fraction of sp³-hybridized carbons (Fsp3) is 0.188. The third-order valence-electron chi connectivity index (χ3n) is 3.39. The minimum atomic E-state index is -0.311.